The van der Waals surface area contributed by atoms with Crippen LogP contribution in [0.5, 0.6) is 5.75 Å². The van der Waals surface area contributed by atoms with Crippen LogP contribution in [-0.4, -0.2) is 37.1 Å². The highest BCUT2D eigenvalue weighted by Gasteiger charge is 2.11. The minimum atomic E-state index is -0.903. The van der Waals surface area contributed by atoms with E-state index in [1.165, 1.54) is 12.3 Å². The molecule has 0 aliphatic carbocycles. The number of nitrogens with one attached hydrogen (secondary N) is 3. The Morgan fingerprint density at radius 3 is 2.43 bits per heavy atom. The van der Waals surface area contributed by atoms with Crippen LogP contribution >= 0.6 is 0 Å². The monoisotopic (exact) mass is 408 g/mol. The van der Waals surface area contributed by atoms with Crippen LogP contribution in [0.15, 0.2) is 60.2 Å². The maximum absolute atomic E-state index is 12.3. The second-order valence-electron chi connectivity index (χ2n) is 6.34. The third-order valence-electron chi connectivity index (χ3n) is 4.01. The fourth-order valence-corrected chi connectivity index (χ4v) is 2.51. The van der Waals surface area contributed by atoms with E-state index >= 15 is 0 Å². The predicted molar refractivity (Wildman–Crippen MR) is 115 cm³/mol. The molecule has 0 heterocycles. The van der Waals surface area contributed by atoms with Gasteiger partial charge in [-0.2, -0.15) is 5.10 Å². The maximum atomic E-state index is 12.3. The lowest BCUT2D eigenvalue weighted by Crippen LogP contribution is -2.37. The number of hydrazone groups is 1. The lowest BCUT2D eigenvalue weighted by atomic mass is 10.1. The van der Waals surface area contributed by atoms with Gasteiger partial charge >= 0.3 is 11.8 Å². The molecule has 0 radical (unpaired) electrons. The maximum Gasteiger partial charge on any atom is 0.329 e. The standard InChI is InChI=1S/C22H24N4O4/c1-4-12-23-21(28)22(29)26-24-13-17-10-5-6-11-18(17)30-14-19(27)25-20-15(2)8-7-9-16(20)3/h4-11,13H,1,12,14H2,2-3H3,(H,23,28)(H,25,27)(H,26,29)/b24-13+. The molecule has 0 spiro atoms. The lowest BCUT2D eigenvalue weighted by molar-refractivity contribution is -0.139. The molecule has 0 aliphatic rings. The summed E-state index contributed by atoms with van der Waals surface area (Å²) in [6, 6.07) is 12.6. The Kier molecular flexibility index (Phi) is 8.31. The summed E-state index contributed by atoms with van der Waals surface area (Å²) in [5.41, 5.74) is 5.34. The molecule has 0 aromatic heterocycles. The van der Waals surface area contributed by atoms with Gasteiger partial charge in [0.25, 0.3) is 5.91 Å². The number of carbonyl (C=O) groups is 3. The first-order chi connectivity index (χ1) is 14.4. The molecule has 3 amide bonds. The molecule has 0 bridgehead atoms. The summed E-state index contributed by atoms with van der Waals surface area (Å²) in [6.45, 7) is 7.26. The Balaban J connectivity index is 1.95. The first-order valence-corrected chi connectivity index (χ1v) is 9.22. The van der Waals surface area contributed by atoms with E-state index in [4.69, 9.17) is 4.74 Å². The summed E-state index contributed by atoms with van der Waals surface area (Å²) < 4.78 is 5.60. The lowest BCUT2D eigenvalue weighted by Gasteiger charge is -2.13. The average Bonchev–Trinajstić information content (AvgIpc) is 2.73. The molecule has 0 atom stereocenters. The van der Waals surface area contributed by atoms with Crippen LogP contribution in [0.25, 0.3) is 0 Å². The molecule has 0 aliphatic heterocycles. The predicted octanol–water partition coefficient (Wildman–Crippen LogP) is 2.07. The molecule has 0 saturated heterocycles. The highest BCUT2D eigenvalue weighted by molar-refractivity contribution is 6.35. The Hall–Kier alpha value is -3.94. The number of anilines is 1. The molecule has 156 valence electrons. The highest BCUT2D eigenvalue weighted by Crippen LogP contribution is 2.20. The fourth-order valence-electron chi connectivity index (χ4n) is 2.51. The van der Waals surface area contributed by atoms with Gasteiger partial charge in [-0.05, 0) is 37.1 Å². The number of para-hydroxylation sites is 2. The summed E-state index contributed by atoms with van der Waals surface area (Å²) in [5, 5.41) is 8.95. The molecule has 2 aromatic rings. The van der Waals surface area contributed by atoms with E-state index in [0.29, 0.717) is 11.3 Å². The number of rotatable bonds is 8. The van der Waals surface area contributed by atoms with Gasteiger partial charge in [0.15, 0.2) is 6.61 Å². The molecule has 8 nitrogen and oxygen atoms in total. The third-order valence-corrected chi connectivity index (χ3v) is 4.01. The summed E-state index contributed by atoms with van der Waals surface area (Å²) in [5.74, 6) is -1.62. The van der Waals surface area contributed by atoms with Gasteiger partial charge in [-0.25, -0.2) is 5.43 Å². The smallest absolute Gasteiger partial charge is 0.329 e. The molecule has 3 N–H and O–H groups in total. The van der Waals surface area contributed by atoms with Gasteiger partial charge in [-0.1, -0.05) is 36.4 Å². The van der Waals surface area contributed by atoms with Crippen molar-refractivity contribution in [2.45, 2.75) is 13.8 Å². The Morgan fingerprint density at radius 2 is 1.73 bits per heavy atom. The summed E-state index contributed by atoms with van der Waals surface area (Å²) in [7, 11) is 0. The zero-order valence-electron chi connectivity index (χ0n) is 16.9. The molecule has 2 aromatic carbocycles. The molecule has 0 fully saturated rings. The van der Waals surface area contributed by atoms with E-state index in [2.05, 4.69) is 27.7 Å². The largest absolute Gasteiger partial charge is 0.483 e. The van der Waals surface area contributed by atoms with Crippen molar-refractivity contribution in [2.75, 3.05) is 18.5 Å². The molecular formula is C22H24N4O4. The van der Waals surface area contributed by atoms with Crippen LogP contribution in [0.2, 0.25) is 0 Å². The third kappa shape index (κ3) is 6.59. The summed E-state index contributed by atoms with van der Waals surface area (Å²) in [6.07, 6.45) is 2.79. The quantitative estimate of drug-likeness (QED) is 0.269. The number of ether oxygens (including phenoxy) is 1. The second-order valence-corrected chi connectivity index (χ2v) is 6.34. The summed E-state index contributed by atoms with van der Waals surface area (Å²) >= 11 is 0. The summed E-state index contributed by atoms with van der Waals surface area (Å²) in [4.78, 5) is 35.4. The van der Waals surface area contributed by atoms with Crippen molar-refractivity contribution in [3.63, 3.8) is 0 Å². The molecule has 30 heavy (non-hydrogen) atoms. The number of aryl methyl sites for hydroxylation is 2. The van der Waals surface area contributed by atoms with Crippen LogP contribution in [-0.2, 0) is 14.4 Å². The van der Waals surface area contributed by atoms with Crippen molar-refractivity contribution < 1.29 is 19.1 Å². The first kappa shape index (κ1) is 22.4. The minimum absolute atomic E-state index is 0.177. The van der Waals surface area contributed by atoms with Gasteiger partial charge in [-0.15, -0.1) is 6.58 Å². The molecule has 8 heteroatoms. The number of benzene rings is 2. The first-order valence-electron chi connectivity index (χ1n) is 9.22. The SMILES string of the molecule is C=CCNC(=O)C(=O)N/N=C/c1ccccc1OCC(=O)Nc1c(C)cccc1C. The van der Waals surface area contributed by atoms with E-state index in [1.807, 2.05) is 32.0 Å². The number of amides is 3. The van der Waals surface area contributed by atoms with Gasteiger partial charge in [0.1, 0.15) is 5.75 Å². The van der Waals surface area contributed by atoms with Gasteiger partial charge in [0, 0.05) is 17.8 Å². The van der Waals surface area contributed by atoms with Crippen LogP contribution in [0, 0.1) is 13.8 Å². The van der Waals surface area contributed by atoms with Crippen LogP contribution in [0.1, 0.15) is 16.7 Å². The highest BCUT2D eigenvalue weighted by atomic mass is 16.5. The number of carbonyl (C=O) groups excluding carboxylic acids is 3. The second kappa shape index (κ2) is 11.2. The fraction of sp³-hybridized carbons (Fsp3) is 0.182. The topological polar surface area (TPSA) is 109 Å². The van der Waals surface area contributed by atoms with E-state index in [1.54, 1.807) is 24.3 Å². The Bertz CT molecular complexity index is 949. The van der Waals surface area contributed by atoms with E-state index in [9.17, 15) is 14.4 Å². The average molecular weight is 408 g/mol. The number of hydrogen-bond donors (Lipinski definition) is 3. The molecule has 0 saturated carbocycles. The van der Waals surface area contributed by atoms with Crippen molar-refractivity contribution in [3.05, 3.63) is 71.8 Å². The molecule has 0 unspecified atom stereocenters. The molecule has 2 rings (SSSR count). The number of hydrogen-bond acceptors (Lipinski definition) is 5. The molecular weight excluding hydrogens is 384 g/mol. The van der Waals surface area contributed by atoms with Gasteiger partial charge in [0.05, 0.1) is 6.21 Å². The zero-order valence-corrected chi connectivity index (χ0v) is 16.9. The zero-order chi connectivity index (χ0) is 21.9. The van der Waals surface area contributed by atoms with Gasteiger partial charge < -0.3 is 15.4 Å². The van der Waals surface area contributed by atoms with Crippen LogP contribution in [0.4, 0.5) is 5.69 Å². The van der Waals surface area contributed by atoms with E-state index in [0.717, 1.165) is 16.8 Å². The van der Waals surface area contributed by atoms with Crippen molar-refractivity contribution in [3.8, 4) is 5.75 Å². The van der Waals surface area contributed by atoms with E-state index < -0.39 is 11.8 Å². The van der Waals surface area contributed by atoms with Gasteiger partial charge in [0.2, 0.25) is 0 Å². The van der Waals surface area contributed by atoms with E-state index in [-0.39, 0.29) is 19.1 Å². The Morgan fingerprint density at radius 1 is 1.03 bits per heavy atom. The van der Waals surface area contributed by atoms with Crippen LogP contribution < -0.4 is 20.8 Å². The van der Waals surface area contributed by atoms with Crippen molar-refractivity contribution in [1.82, 2.24) is 10.7 Å². The van der Waals surface area contributed by atoms with Crippen LogP contribution in [0.3, 0.4) is 0 Å². The van der Waals surface area contributed by atoms with Crippen molar-refractivity contribution in [2.24, 2.45) is 5.10 Å². The minimum Gasteiger partial charge on any atom is -0.483 e. The van der Waals surface area contributed by atoms with Gasteiger partial charge in [-0.3, -0.25) is 14.4 Å². The number of nitrogens with zero attached hydrogens (tertiary/aromatic N) is 1. The normalized spacial score (nSPS) is 10.3. The van der Waals surface area contributed by atoms with Crippen molar-refractivity contribution in [1.29, 1.82) is 0 Å². The Labute approximate surface area is 175 Å². The van der Waals surface area contributed by atoms with Crippen molar-refractivity contribution >= 4 is 29.6 Å².